The van der Waals surface area contributed by atoms with E-state index in [2.05, 4.69) is 0 Å². The molecule has 1 aliphatic heterocycles. The van der Waals surface area contributed by atoms with Gasteiger partial charge in [-0.1, -0.05) is 12.1 Å². The van der Waals surface area contributed by atoms with Gasteiger partial charge in [0.15, 0.2) is 0 Å². The maximum absolute atomic E-state index is 12.7. The number of ether oxygens (including phenoxy) is 2. The molecular formula is C15H20N2O4S. The van der Waals surface area contributed by atoms with Crippen LogP contribution in [0.3, 0.4) is 0 Å². The molecule has 0 N–H and O–H groups in total. The molecule has 1 saturated heterocycles. The van der Waals surface area contributed by atoms with Crippen molar-refractivity contribution in [2.45, 2.75) is 24.3 Å². The molecule has 0 saturated carbocycles. The van der Waals surface area contributed by atoms with Crippen molar-refractivity contribution >= 4 is 10.0 Å². The molecule has 0 amide bonds. The molecule has 1 fully saturated rings. The molecule has 120 valence electrons. The van der Waals surface area contributed by atoms with E-state index in [1.54, 1.807) is 38.5 Å². The lowest BCUT2D eigenvalue weighted by atomic mass is 10.2. The molecule has 1 aromatic carbocycles. The third-order valence-electron chi connectivity index (χ3n) is 3.78. The van der Waals surface area contributed by atoms with Crippen LogP contribution in [0.2, 0.25) is 0 Å². The number of rotatable bonds is 6. The van der Waals surface area contributed by atoms with Crippen molar-refractivity contribution in [3.63, 3.8) is 0 Å². The van der Waals surface area contributed by atoms with Crippen LogP contribution in [0.4, 0.5) is 0 Å². The van der Waals surface area contributed by atoms with Gasteiger partial charge in [-0.25, -0.2) is 8.42 Å². The highest BCUT2D eigenvalue weighted by Gasteiger charge is 2.39. The van der Waals surface area contributed by atoms with E-state index in [9.17, 15) is 8.42 Å². The van der Waals surface area contributed by atoms with E-state index in [0.29, 0.717) is 30.7 Å². The molecule has 0 aliphatic carbocycles. The second-order valence-electron chi connectivity index (χ2n) is 5.34. The fourth-order valence-corrected chi connectivity index (χ4v) is 4.49. The van der Waals surface area contributed by atoms with Crippen molar-refractivity contribution in [2.75, 3.05) is 27.4 Å². The first-order chi connectivity index (χ1) is 10.5. The molecule has 0 spiro atoms. The number of methoxy groups -OCH3 is 2. The molecule has 7 heteroatoms. The number of hydrogen-bond acceptors (Lipinski definition) is 5. The largest absolute Gasteiger partial charge is 0.383 e. The van der Waals surface area contributed by atoms with Gasteiger partial charge in [0.2, 0.25) is 10.0 Å². The summed E-state index contributed by atoms with van der Waals surface area (Å²) in [7, 11) is -0.347. The van der Waals surface area contributed by atoms with Crippen LogP contribution in [0.15, 0.2) is 24.3 Å². The quantitative estimate of drug-likeness (QED) is 0.783. The maximum Gasteiger partial charge on any atom is 0.218 e. The lowest BCUT2D eigenvalue weighted by Gasteiger charge is -2.23. The summed E-state index contributed by atoms with van der Waals surface area (Å²) in [6.45, 7) is 0.683. The first kappa shape index (κ1) is 16.9. The van der Waals surface area contributed by atoms with Crippen LogP contribution in [-0.4, -0.2) is 52.2 Å². The maximum atomic E-state index is 12.7. The molecule has 0 aromatic heterocycles. The lowest BCUT2D eigenvalue weighted by molar-refractivity contribution is 0.110. The summed E-state index contributed by atoms with van der Waals surface area (Å²) in [6.07, 6.45) is 0.516. The minimum absolute atomic E-state index is 0.111. The van der Waals surface area contributed by atoms with Gasteiger partial charge in [-0.2, -0.15) is 9.57 Å². The average Bonchev–Trinajstić information content (AvgIpc) is 2.91. The summed E-state index contributed by atoms with van der Waals surface area (Å²) in [5.74, 6) is -0.126. The zero-order valence-electron chi connectivity index (χ0n) is 12.7. The number of nitriles is 1. The van der Waals surface area contributed by atoms with E-state index in [0.717, 1.165) is 0 Å². The fraction of sp³-hybridized carbons (Fsp3) is 0.533. The van der Waals surface area contributed by atoms with Gasteiger partial charge in [0.05, 0.1) is 36.1 Å². The van der Waals surface area contributed by atoms with Crippen molar-refractivity contribution in [2.24, 2.45) is 0 Å². The first-order valence-corrected chi connectivity index (χ1v) is 8.61. The van der Waals surface area contributed by atoms with Gasteiger partial charge in [-0.3, -0.25) is 0 Å². The van der Waals surface area contributed by atoms with E-state index in [1.807, 2.05) is 6.07 Å². The summed E-state index contributed by atoms with van der Waals surface area (Å²) in [4.78, 5) is 0. The van der Waals surface area contributed by atoms with Gasteiger partial charge in [-0.15, -0.1) is 0 Å². The van der Waals surface area contributed by atoms with E-state index < -0.39 is 10.0 Å². The number of nitrogens with zero attached hydrogens (tertiary/aromatic N) is 2. The zero-order valence-corrected chi connectivity index (χ0v) is 13.5. The van der Waals surface area contributed by atoms with Crippen LogP contribution in [0.5, 0.6) is 0 Å². The summed E-state index contributed by atoms with van der Waals surface area (Å²) in [6, 6.07) is 8.48. The molecule has 1 aliphatic rings. The van der Waals surface area contributed by atoms with Gasteiger partial charge in [-0.05, 0) is 24.1 Å². The minimum Gasteiger partial charge on any atom is -0.383 e. The second-order valence-corrected chi connectivity index (χ2v) is 7.26. The SMILES string of the molecule is COC[C@@H]1C[C@H](OC)CN1S(=O)(=O)Cc1cccc(C#N)c1. The zero-order chi connectivity index (χ0) is 16.2. The van der Waals surface area contributed by atoms with E-state index in [-0.39, 0.29) is 17.9 Å². The molecule has 0 radical (unpaired) electrons. The Labute approximate surface area is 131 Å². The Kier molecular flexibility index (Phi) is 5.53. The second kappa shape index (κ2) is 7.20. The van der Waals surface area contributed by atoms with Crippen LogP contribution in [0.25, 0.3) is 0 Å². The standard InChI is InChI=1S/C15H20N2O4S/c1-20-10-14-7-15(21-2)9-17(14)22(18,19)11-13-5-3-4-12(6-13)8-16/h3-6,14-15H,7,9-11H2,1-2H3/t14-,15-/m0/s1. The Morgan fingerprint density at radius 3 is 2.82 bits per heavy atom. The average molecular weight is 324 g/mol. The molecule has 2 rings (SSSR count). The van der Waals surface area contributed by atoms with Crippen molar-refractivity contribution < 1.29 is 17.9 Å². The van der Waals surface area contributed by atoms with Gasteiger partial charge in [0.1, 0.15) is 0 Å². The Morgan fingerprint density at radius 2 is 2.18 bits per heavy atom. The van der Waals surface area contributed by atoms with Crippen molar-refractivity contribution in [1.29, 1.82) is 5.26 Å². The predicted octanol–water partition coefficient (Wildman–Crippen LogP) is 1.12. The summed E-state index contributed by atoms with van der Waals surface area (Å²) in [5.41, 5.74) is 1.06. The third-order valence-corrected chi connectivity index (χ3v) is 5.64. The predicted molar refractivity (Wildman–Crippen MR) is 81.6 cm³/mol. The molecule has 0 bridgehead atoms. The number of benzene rings is 1. The molecule has 22 heavy (non-hydrogen) atoms. The molecule has 1 heterocycles. The smallest absolute Gasteiger partial charge is 0.218 e. The molecular weight excluding hydrogens is 304 g/mol. The molecule has 6 nitrogen and oxygen atoms in total. The normalized spacial score (nSPS) is 22.6. The summed E-state index contributed by atoms with van der Waals surface area (Å²) < 4.78 is 37.2. The highest BCUT2D eigenvalue weighted by atomic mass is 32.2. The van der Waals surface area contributed by atoms with Crippen LogP contribution >= 0.6 is 0 Å². The third kappa shape index (κ3) is 3.84. The highest BCUT2D eigenvalue weighted by Crippen LogP contribution is 2.25. The highest BCUT2D eigenvalue weighted by molar-refractivity contribution is 7.88. The number of hydrogen-bond donors (Lipinski definition) is 0. The summed E-state index contributed by atoms with van der Waals surface area (Å²) >= 11 is 0. The lowest BCUT2D eigenvalue weighted by Crippen LogP contribution is -2.39. The van der Waals surface area contributed by atoms with Crippen LogP contribution < -0.4 is 0 Å². The van der Waals surface area contributed by atoms with E-state index in [4.69, 9.17) is 14.7 Å². The van der Waals surface area contributed by atoms with E-state index in [1.165, 1.54) is 4.31 Å². The Balaban J connectivity index is 2.19. The molecule has 2 atom stereocenters. The van der Waals surface area contributed by atoms with Gasteiger partial charge in [0.25, 0.3) is 0 Å². The fourth-order valence-electron chi connectivity index (χ4n) is 2.72. The Bertz CT molecular complexity index is 654. The molecule has 1 aromatic rings. The van der Waals surface area contributed by atoms with Gasteiger partial charge in [0, 0.05) is 20.8 Å². The van der Waals surface area contributed by atoms with Crippen molar-refractivity contribution in [3.05, 3.63) is 35.4 Å². The van der Waals surface area contributed by atoms with Gasteiger partial charge >= 0.3 is 0 Å². The topological polar surface area (TPSA) is 79.6 Å². The van der Waals surface area contributed by atoms with E-state index >= 15 is 0 Å². The van der Waals surface area contributed by atoms with Gasteiger partial charge < -0.3 is 9.47 Å². The van der Waals surface area contributed by atoms with Crippen LogP contribution in [-0.2, 0) is 25.2 Å². The summed E-state index contributed by atoms with van der Waals surface area (Å²) in [5, 5.41) is 8.91. The molecule has 0 unspecified atom stereocenters. The minimum atomic E-state index is -3.49. The number of sulfonamides is 1. The Hall–Kier alpha value is -1.46. The Morgan fingerprint density at radius 1 is 1.41 bits per heavy atom. The van der Waals surface area contributed by atoms with Crippen molar-refractivity contribution in [3.8, 4) is 6.07 Å². The van der Waals surface area contributed by atoms with Crippen LogP contribution in [0, 0.1) is 11.3 Å². The monoisotopic (exact) mass is 324 g/mol. The first-order valence-electron chi connectivity index (χ1n) is 7.00. The van der Waals surface area contributed by atoms with Crippen LogP contribution in [0.1, 0.15) is 17.5 Å². The van der Waals surface area contributed by atoms with Crippen molar-refractivity contribution in [1.82, 2.24) is 4.31 Å².